The minimum atomic E-state index is 0. The molecule has 0 fully saturated rings. The minimum absolute atomic E-state index is 0. The fourth-order valence-corrected chi connectivity index (χ4v) is 25.1. The van der Waals surface area contributed by atoms with Crippen LogP contribution in [0.25, 0.3) is 0 Å². The van der Waals surface area contributed by atoms with Gasteiger partial charge in [-0.1, -0.05) is 19.7 Å². The van der Waals surface area contributed by atoms with E-state index in [2.05, 4.69) is 23.7 Å². The molecule has 0 spiro atoms. The molecule has 2 aromatic rings. The molecule has 60 valence electrons. The van der Waals surface area contributed by atoms with Gasteiger partial charge in [0, 0.05) is 19.5 Å². The zero-order valence-corrected chi connectivity index (χ0v) is 12.8. The van der Waals surface area contributed by atoms with E-state index in [0.29, 0.717) is 0 Å². The van der Waals surface area contributed by atoms with Gasteiger partial charge < -0.3 is 0 Å². The van der Waals surface area contributed by atoms with Crippen LogP contribution in [0.4, 0.5) is 0 Å². The molecule has 2 heterocycles. The summed E-state index contributed by atoms with van der Waals surface area (Å²) in [6, 6.07) is 4.14. The predicted octanol–water partition coefficient (Wildman–Crippen LogP) is 5.75. The normalized spacial score (nSPS) is 10.9. The maximum atomic E-state index is 2.15. The fraction of sp³-hybridized carbons (Fsp3) is 0. The van der Waals surface area contributed by atoms with Crippen LogP contribution in [0.3, 0.4) is 0 Å². The van der Waals surface area contributed by atoms with Crippen LogP contribution in [0.1, 0.15) is 0 Å². The van der Waals surface area contributed by atoms with Gasteiger partial charge in [0.1, 0.15) is 0 Å². The average molecular weight is 341 g/mol. The Balaban J connectivity index is 0.000000167. The van der Waals surface area contributed by atoms with E-state index in [1.807, 2.05) is 0 Å². The van der Waals surface area contributed by atoms with Crippen molar-refractivity contribution in [2.75, 3.05) is 0 Å². The first-order valence-electron chi connectivity index (χ1n) is 2.62. The molecule has 0 aliphatic rings. The molecule has 0 aromatic carbocycles. The first-order chi connectivity index (χ1) is 5.00. The Morgan fingerprint density at radius 1 is 0.909 bits per heavy atom. The third kappa shape index (κ3) is 8.24. The van der Waals surface area contributed by atoms with Crippen LogP contribution in [0.2, 0.25) is 0 Å². The quantitative estimate of drug-likeness (QED) is 0.535. The van der Waals surface area contributed by atoms with Gasteiger partial charge in [0.2, 0.25) is 0 Å². The van der Waals surface area contributed by atoms with Crippen LogP contribution < -0.4 is 0 Å². The van der Waals surface area contributed by atoms with Gasteiger partial charge in [-0.2, -0.15) is 0 Å². The first-order valence-corrected chi connectivity index (χ1v) is 12.2. The molecule has 0 amide bonds. The van der Waals surface area contributed by atoms with E-state index in [-0.39, 0.29) is 19.5 Å². The molecule has 0 nitrogen and oxygen atoms in total. The fourth-order valence-electron chi connectivity index (χ4n) is 0.378. The summed E-state index contributed by atoms with van der Waals surface area (Å²) < 4.78 is 0. The van der Waals surface area contributed by atoms with Crippen molar-refractivity contribution in [3.8, 4) is 0 Å². The van der Waals surface area contributed by atoms with Crippen LogP contribution in [-0.2, 0) is 19.5 Å². The van der Waals surface area contributed by atoms with Gasteiger partial charge in [0.15, 0.2) is 0 Å². The summed E-state index contributed by atoms with van der Waals surface area (Å²) >= 11 is 0. The summed E-state index contributed by atoms with van der Waals surface area (Å²) in [6.45, 7) is 0. The van der Waals surface area contributed by atoms with Crippen molar-refractivity contribution in [2.45, 2.75) is 0 Å². The second-order valence-corrected chi connectivity index (χ2v) is 14.8. The zero-order valence-electron chi connectivity index (χ0n) is 5.45. The van der Waals surface area contributed by atoms with E-state index >= 15 is 0 Å². The predicted molar refractivity (Wildman–Crippen MR) is 61.9 cm³/mol. The van der Waals surface area contributed by atoms with Crippen LogP contribution in [0, 0.1) is 0 Å². The van der Waals surface area contributed by atoms with Crippen LogP contribution in [-0.4, -0.2) is 0 Å². The number of rotatable bonds is 0. The topological polar surface area (TPSA) is 0 Å². The van der Waals surface area contributed by atoms with Gasteiger partial charge in [-0.15, -0.1) is 8.19 Å². The van der Waals surface area contributed by atoms with Gasteiger partial charge in [-0.25, -0.2) is 0 Å². The molecule has 0 aliphatic carbocycles. The Labute approximate surface area is 88.8 Å². The molecule has 0 N–H and O–H groups in total. The van der Waals surface area contributed by atoms with Crippen molar-refractivity contribution in [1.29, 1.82) is 0 Å². The molecule has 2 aromatic heterocycles. The van der Waals surface area contributed by atoms with E-state index in [0.717, 1.165) is 8.19 Å². The molecule has 0 aliphatic heterocycles. The molecular weight excluding hydrogens is 335 g/mol. The van der Waals surface area contributed by atoms with Gasteiger partial charge in [-0.05, 0) is 41.8 Å². The van der Waals surface area contributed by atoms with Crippen molar-refractivity contribution in [3.05, 3.63) is 23.7 Å². The van der Waals surface area contributed by atoms with E-state index in [4.69, 9.17) is 0 Å². The first kappa shape index (κ1) is 12.9. The Morgan fingerprint density at radius 3 is 1.64 bits per heavy atom. The second kappa shape index (κ2) is 9.99. The van der Waals surface area contributed by atoms with Crippen LogP contribution >= 0.6 is 45.9 Å². The summed E-state index contributed by atoms with van der Waals surface area (Å²) in [5, 5.41) is 0. The molecule has 0 saturated carbocycles. The molecule has 7 heteroatoms. The summed E-state index contributed by atoms with van der Waals surface area (Å²) in [6.07, 6.45) is 0. The summed E-state index contributed by atoms with van der Waals surface area (Å²) in [5.41, 5.74) is 0. The molecule has 0 unspecified atom stereocenters. The summed E-state index contributed by atoms with van der Waals surface area (Å²) in [5.74, 6) is 4.31. The van der Waals surface area contributed by atoms with Gasteiger partial charge in [0.05, 0.1) is 0 Å². The van der Waals surface area contributed by atoms with E-state index in [1.54, 1.807) is 30.2 Å². The van der Waals surface area contributed by atoms with Gasteiger partial charge in [-0.3, -0.25) is 0 Å². The second-order valence-electron chi connectivity index (χ2n) is 1.36. The van der Waals surface area contributed by atoms with E-state index in [1.165, 1.54) is 7.55 Å². The molecule has 0 saturated heterocycles. The van der Waals surface area contributed by atoms with Crippen molar-refractivity contribution in [3.63, 3.8) is 0 Å². The molecular formula is C4H6P6Ru. The van der Waals surface area contributed by atoms with E-state index < -0.39 is 0 Å². The maximum absolute atomic E-state index is 2.15. The Morgan fingerprint density at radius 2 is 1.45 bits per heavy atom. The number of hydrogen-bond acceptors (Lipinski definition) is 0. The van der Waals surface area contributed by atoms with Crippen LogP contribution in [0.5, 0.6) is 0 Å². The molecule has 2 rings (SSSR count). The van der Waals surface area contributed by atoms with Crippen molar-refractivity contribution >= 4 is 45.9 Å². The standard InChI is InChI=1S/C4H5P.HP5.Ru/c2*1-2-4-5-3-1;/h1-5H;1H;. The SMILES string of the molecule is [Ru].c1cc[pH]c1.p1pp[pH]p1. The van der Waals surface area contributed by atoms with Crippen molar-refractivity contribution < 1.29 is 19.5 Å². The maximum Gasteiger partial charge on any atom is 0 e. The third-order valence-electron chi connectivity index (χ3n) is 0.715. The van der Waals surface area contributed by atoms with E-state index in [9.17, 15) is 0 Å². The minimum Gasteiger partial charge on any atom is -0.140 e. The number of hydrogen-bond donors (Lipinski definition) is 0. The van der Waals surface area contributed by atoms with Gasteiger partial charge >= 0.3 is 0 Å². The Kier molecular flexibility index (Phi) is 11.7. The van der Waals surface area contributed by atoms with Crippen LogP contribution in [0.15, 0.2) is 23.7 Å². The Bertz CT molecular complexity index is 154. The average Bonchev–Trinajstić information content (AvgIpc) is 2.67. The summed E-state index contributed by atoms with van der Waals surface area (Å²) in [4.78, 5) is 0. The third-order valence-corrected chi connectivity index (χ3v) is 19.0. The van der Waals surface area contributed by atoms with Crippen molar-refractivity contribution in [1.82, 2.24) is 0 Å². The monoisotopic (exact) mass is 342 g/mol. The molecule has 11 heavy (non-hydrogen) atoms. The molecule has 0 radical (unpaired) electrons. The zero-order chi connectivity index (χ0) is 7.07. The summed E-state index contributed by atoms with van der Waals surface area (Å²) in [7, 11) is 8.78. The largest absolute Gasteiger partial charge is 0.140 e. The molecule has 0 atom stereocenters. The smallest absolute Gasteiger partial charge is 0 e. The molecule has 0 bridgehead atoms. The van der Waals surface area contributed by atoms with Crippen molar-refractivity contribution in [2.24, 2.45) is 0 Å². The van der Waals surface area contributed by atoms with Gasteiger partial charge in [0.25, 0.3) is 0 Å². The Hall–Kier alpha value is 1.90.